The van der Waals surface area contributed by atoms with Crippen LogP contribution in [-0.2, 0) is 11.2 Å². The summed E-state index contributed by atoms with van der Waals surface area (Å²) < 4.78 is 10.6. The standard InChI is InChI=1S/C20H27N3O3/c1-2-14-5-7-15(8-6-14)23(16-9-10-16)19(24)12-11-18-21-20(22-26-18)17-4-3-13-25-17/h3-4,13-16H,2,5-12H2,1H3. The van der Waals surface area contributed by atoms with Crippen LogP contribution in [0.5, 0.6) is 0 Å². The van der Waals surface area contributed by atoms with Crippen LogP contribution in [-0.4, -0.2) is 33.0 Å². The first-order valence-corrected chi connectivity index (χ1v) is 9.92. The Hall–Kier alpha value is -2.11. The highest BCUT2D eigenvalue weighted by Crippen LogP contribution is 2.36. The Labute approximate surface area is 153 Å². The Bertz CT molecular complexity index is 713. The van der Waals surface area contributed by atoms with Crippen LogP contribution < -0.4 is 0 Å². The number of rotatable bonds is 7. The highest BCUT2D eigenvalue weighted by atomic mass is 16.5. The van der Waals surface area contributed by atoms with Gasteiger partial charge in [-0.15, -0.1) is 0 Å². The molecule has 140 valence electrons. The second kappa shape index (κ2) is 7.64. The molecular formula is C20H27N3O3. The highest BCUT2D eigenvalue weighted by molar-refractivity contribution is 5.77. The van der Waals surface area contributed by atoms with Gasteiger partial charge in [-0.05, 0) is 56.6 Å². The number of carbonyl (C=O) groups excluding carboxylic acids is 1. The molecule has 0 aliphatic heterocycles. The molecule has 1 amide bonds. The van der Waals surface area contributed by atoms with Crippen molar-refractivity contribution in [2.24, 2.45) is 5.92 Å². The fraction of sp³-hybridized carbons (Fsp3) is 0.650. The fourth-order valence-electron chi connectivity index (χ4n) is 4.09. The van der Waals surface area contributed by atoms with Crippen LogP contribution in [0.25, 0.3) is 11.6 Å². The molecule has 6 heteroatoms. The van der Waals surface area contributed by atoms with Crippen molar-refractivity contribution in [3.8, 4) is 11.6 Å². The van der Waals surface area contributed by atoms with Gasteiger partial charge in [-0.1, -0.05) is 18.5 Å². The minimum Gasteiger partial charge on any atom is -0.461 e. The van der Waals surface area contributed by atoms with Crippen LogP contribution in [0.3, 0.4) is 0 Å². The second-order valence-electron chi connectivity index (χ2n) is 7.60. The summed E-state index contributed by atoms with van der Waals surface area (Å²) in [6, 6.07) is 4.47. The van der Waals surface area contributed by atoms with Gasteiger partial charge in [0.25, 0.3) is 0 Å². The lowest BCUT2D eigenvalue weighted by atomic mass is 9.83. The molecule has 0 unspecified atom stereocenters. The zero-order chi connectivity index (χ0) is 17.9. The van der Waals surface area contributed by atoms with Gasteiger partial charge in [0.2, 0.25) is 17.6 Å². The van der Waals surface area contributed by atoms with Gasteiger partial charge < -0.3 is 13.8 Å². The molecule has 2 aromatic heterocycles. The SMILES string of the molecule is CCC1CCC(N(C(=O)CCc2nc(-c3ccco3)no2)C2CC2)CC1. The maximum atomic E-state index is 12.9. The molecule has 0 N–H and O–H groups in total. The number of furan rings is 1. The molecule has 0 saturated heterocycles. The van der Waals surface area contributed by atoms with E-state index in [0.717, 1.165) is 31.6 Å². The van der Waals surface area contributed by atoms with Gasteiger partial charge in [0.15, 0.2) is 5.76 Å². The minimum atomic E-state index is 0.241. The molecule has 6 nitrogen and oxygen atoms in total. The van der Waals surface area contributed by atoms with Gasteiger partial charge in [-0.3, -0.25) is 4.79 Å². The number of nitrogens with zero attached hydrogens (tertiary/aromatic N) is 3. The smallest absolute Gasteiger partial charge is 0.238 e. The van der Waals surface area contributed by atoms with Gasteiger partial charge in [-0.2, -0.15) is 4.98 Å². The number of hydrogen-bond acceptors (Lipinski definition) is 5. The van der Waals surface area contributed by atoms with Crippen molar-refractivity contribution in [3.63, 3.8) is 0 Å². The molecule has 0 bridgehead atoms. The summed E-state index contributed by atoms with van der Waals surface area (Å²) in [7, 11) is 0. The molecule has 0 spiro atoms. The summed E-state index contributed by atoms with van der Waals surface area (Å²) in [6.07, 6.45) is 10.9. The van der Waals surface area contributed by atoms with Crippen LogP contribution in [0.15, 0.2) is 27.3 Å². The van der Waals surface area contributed by atoms with Crippen LogP contribution >= 0.6 is 0 Å². The highest BCUT2D eigenvalue weighted by Gasteiger charge is 2.38. The number of hydrogen-bond donors (Lipinski definition) is 0. The zero-order valence-electron chi connectivity index (χ0n) is 15.4. The normalized spacial score (nSPS) is 23.1. The van der Waals surface area contributed by atoms with Gasteiger partial charge in [0, 0.05) is 24.9 Å². The molecule has 2 saturated carbocycles. The molecule has 4 rings (SSSR count). The molecule has 0 aromatic carbocycles. The molecule has 26 heavy (non-hydrogen) atoms. The maximum absolute atomic E-state index is 12.9. The van der Waals surface area contributed by atoms with Gasteiger partial charge >= 0.3 is 0 Å². The van der Waals surface area contributed by atoms with Crippen LogP contribution in [0.2, 0.25) is 0 Å². The average Bonchev–Trinajstić information content (AvgIpc) is 3.15. The fourth-order valence-corrected chi connectivity index (χ4v) is 4.09. The van der Waals surface area contributed by atoms with Crippen molar-refractivity contribution >= 4 is 5.91 Å². The summed E-state index contributed by atoms with van der Waals surface area (Å²) in [5, 5.41) is 3.93. The van der Waals surface area contributed by atoms with Crippen molar-refractivity contribution in [1.82, 2.24) is 15.0 Å². The Balaban J connectivity index is 1.34. The molecule has 2 heterocycles. The summed E-state index contributed by atoms with van der Waals surface area (Å²) in [6.45, 7) is 2.27. The lowest BCUT2D eigenvalue weighted by molar-refractivity contribution is -0.135. The molecule has 2 fully saturated rings. The molecule has 0 atom stereocenters. The third-order valence-electron chi connectivity index (χ3n) is 5.78. The average molecular weight is 357 g/mol. The van der Waals surface area contributed by atoms with Gasteiger partial charge in [-0.25, -0.2) is 0 Å². The third kappa shape index (κ3) is 3.84. The number of aryl methyl sites for hydroxylation is 1. The van der Waals surface area contributed by atoms with E-state index >= 15 is 0 Å². The molecule has 2 aliphatic rings. The predicted octanol–water partition coefficient (Wildman–Crippen LogP) is 4.22. The summed E-state index contributed by atoms with van der Waals surface area (Å²) >= 11 is 0. The van der Waals surface area contributed by atoms with Crippen molar-refractivity contribution in [1.29, 1.82) is 0 Å². The molecule has 0 radical (unpaired) electrons. The van der Waals surface area contributed by atoms with E-state index in [-0.39, 0.29) is 5.91 Å². The van der Waals surface area contributed by atoms with E-state index in [1.165, 1.54) is 19.3 Å². The van der Waals surface area contributed by atoms with Crippen molar-refractivity contribution < 1.29 is 13.7 Å². The Morgan fingerprint density at radius 2 is 1.92 bits per heavy atom. The van der Waals surface area contributed by atoms with Crippen LogP contribution in [0.4, 0.5) is 0 Å². The first-order valence-electron chi connectivity index (χ1n) is 9.92. The predicted molar refractivity (Wildman–Crippen MR) is 96.2 cm³/mol. The van der Waals surface area contributed by atoms with E-state index in [1.807, 2.05) is 0 Å². The van der Waals surface area contributed by atoms with Gasteiger partial charge in [0.05, 0.1) is 6.26 Å². The van der Waals surface area contributed by atoms with Crippen molar-refractivity contribution in [3.05, 3.63) is 24.3 Å². The molecule has 2 aliphatic carbocycles. The zero-order valence-corrected chi connectivity index (χ0v) is 15.4. The first-order chi connectivity index (χ1) is 12.7. The van der Waals surface area contributed by atoms with E-state index in [9.17, 15) is 4.79 Å². The Kier molecular flexibility index (Phi) is 5.09. The number of amides is 1. The summed E-state index contributed by atoms with van der Waals surface area (Å²) in [5.74, 6) is 2.61. The van der Waals surface area contributed by atoms with Gasteiger partial charge in [0.1, 0.15) is 0 Å². The molecule has 2 aromatic rings. The topological polar surface area (TPSA) is 72.4 Å². The first kappa shape index (κ1) is 17.3. The van der Waals surface area contributed by atoms with Crippen LogP contribution in [0.1, 0.15) is 64.2 Å². The van der Waals surface area contributed by atoms with Crippen molar-refractivity contribution in [2.45, 2.75) is 76.8 Å². The third-order valence-corrected chi connectivity index (χ3v) is 5.78. The largest absolute Gasteiger partial charge is 0.461 e. The Morgan fingerprint density at radius 3 is 2.54 bits per heavy atom. The van der Waals surface area contributed by atoms with E-state index in [1.54, 1.807) is 18.4 Å². The monoisotopic (exact) mass is 357 g/mol. The van der Waals surface area contributed by atoms with E-state index in [4.69, 9.17) is 8.94 Å². The summed E-state index contributed by atoms with van der Waals surface area (Å²) in [5.41, 5.74) is 0. The van der Waals surface area contributed by atoms with E-state index in [0.29, 0.717) is 42.4 Å². The quantitative estimate of drug-likeness (QED) is 0.742. The maximum Gasteiger partial charge on any atom is 0.238 e. The second-order valence-corrected chi connectivity index (χ2v) is 7.60. The van der Waals surface area contributed by atoms with E-state index in [2.05, 4.69) is 22.0 Å². The molecular weight excluding hydrogens is 330 g/mol. The lowest BCUT2D eigenvalue weighted by Crippen LogP contribution is -2.44. The Morgan fingerprint density at radius 1 is 1.19 bits per heavy atom. The number of carbonyl (C=O) groups is 1. The van der Waals surface area contributed by atoms with E-state index < -0.39 is 0 Å². The number of aromatic nitrogens is 2. The van der Waals surface area contributed by atoms with Crippen LogP contribution in [0, 0.1) is 5.92 Å². The minimum absolute atomic E-state index is 0.241. The van der Waals surface area contributed by atoms with Crippen molar-refractivity contribution in [2.75, 3.05) is 0 Å². The lowest BCUT2D eigenvalue weighted by Gasteiger charge is -2.37. The summed E-state index contributed by atoms with van der Waals surface area (Å²) in [4.78, 5) is 19.4.